The third-order valence-corrected chi connectivity index (χ3v) is 5.17. The van der Waals surface area contributed by atoms with Gasteiger partial charge in [-0.1, -0.05) is 18.2 Å². The van der Waals surface area contributed by atoms with Crippen LogP contribution in [0.25, 0.3) is 11.0 Å². The standard InChI is InChI=1S/C21H25N5O2/c1-15-13-16(2)22-20-19(15)21(23-24(20)3)28-14-18(27)26-11-9-25(10-12-26)17-7-5-4-6-8-17/h4-8,13H,9-12,14H2,1-3H3. The molecule has 146 valence electrons. The highest BCUT2D eigenvalue weighted by atomic mass is 16.5. The van der Waals surface area contributed by atoms with Crippen LogP contribution < -0.4 is 9.64 Å². The SMILES string of the molecule is Cc1cc(C)c2c(OCC(=O)N3CCN(c4ccccc4)CC3)nn(C)c2n1. The largest absolute Gasteiger partial charge is 0.466 e. The van der Waals surface area contributed by atoms with Gasteiger partial charge in [0.05, 0.1) is 5.39 Å². The molecule has 1 amide bonds. The summed E-state index contributed by atoms with van der Waals surface area (Å²) in [5, 5.41) is 5.28. The lowest BCUT2D eigenvalue weighted by Gasteiger charge is -2.36. The van der Waals surface area contributed by atoms with Gasteiger partial charge in [-0.25, -0.2) is 9.67 Å². The molecule has 0 bridgehead atoms. The zero-order chi connectivity index (χ0) is 19.7. The van der Waals surface area contributed by atoms with Crippen LogP contribution in [0.4, 0.5) is 5.69 Å². The summed E-state index contributed by atoms with van der Waals surface area (Å²) < 4.78 is 7.51. The number of fused-ring (bicyclic) bond motifs is 1. The molecule has 1 aromatic carbocycles. The Labute approximate surface area is 164 Å². The molecule has 7 heteroatoms. The van der Waals surface area contributed by atoms with Crippen LogP contribution in [-0.2, 0) is 11.8 Å². The molecule has 1 saturated heterocycles. The Morgan fingerprint density at radius 2 is 1.82 bits per heavy atom. The number of pyridine rings is 1. The normalized spacial score (nSPS) is 14.5. The van der Waals surface area contributed by atoms with E-state index in [9.17, 15) is 4.79 Å². The maximum Gasteiger partial charge on any atom is 0.260 e. The van der Waals surface area contributed by atoms with Gasteiger partial charge in [-0.2, -0.15) is 0 Å². The molecule has 1 aliphatic rings. The summed E-state index contributed by atoms with van der Waals surface area (Å²) >= 11 is 0. The molecule has 4 rings (SSSR count). The van der Waals surface area contributed by atoms with Crippen molar-refractivity contribution in [3.8, 4) is 5.88 Å². The number of carbonyl (C=O) groups is 1. The van der Waals surface area contributed by atoms with Crippen LogP contribution in [0.3, 0.4) is 0 Å². The Morgan fingerprint density at radius 3 is 2.54 bits per heavy atom. The number of nitrogens with zero attached hydrogens (tertiary/aromatic N) is 5. The molecular weight excluding hydrogens is 354 g/mol. The molecule has 1 fully saturated rings. The Kier molecular flexibility index (Phi) is 4.90. The number of benzene rings is 1. The first kappa shape index (κ1) is 18.3. The number of amides is 1. The van der Waals surface area contributed by atoms with Gasteiger partial charge in [0.15, 0.2) is 12.3 Å². The number of aryl methyl sites for hydroxylation is 3. The third kappa shape index (κ3) is 3.52. The molecule has 0 aliphatic carbocycles. The average Bonchev–Trinajstić information content (AvgIpc) is 3.03. The molecule has 0 radical (unpaired) electrons. The van der Waals surface area contributed by atoms with E-state index in [0.29, 0.717) is 19.0 Å². The molecule has 2 aromatic heterocycles. The van der Waals surface area contributed by atoms with Crippen molar-refractivity contribution < 1.29 is 9.53 Å². The maximum absolute atomic E-state index is 12.6. The van der Waals surface area contributed by atoms with Crippen molar-refractivity contribution in [2.45, 2.75) is 13.8 Å². The van der Waals surface area contributed by atoms with E-state index in [1.54, 1.807) is 4.68 Å². The van der Waals surface area contributed by atoms with Crippen molar-refractivity contribution in [3.05, 3.63) is 47.7 Å². The van der Waals surface area contributed by atoms with E-state index in [4.69, 9.17) is 4.74 Å². The quantitative estimate of drug-likeness (QED) is 0.696. The highest BCUT2D eigenvalue weighted by Crippen LogP contribution is 2.27. The second-order valence-corrected chi connectivity index (χ2v) is 7.20. The number of ether oxygens (including phenoxy) is 1. The van der Waals surface area contributed by atoms with E-state index in [2.05, 4.69) is 27.1 Å². The number of rotatable bonds is 4. The first-order valence-electron chi connectivity index (χ1n) is 9.54. The summed E-state index contributed by atoms with van der Waals surface area (Å²) in [6.07, 6.45) is 0. The first-order valence-corrected chi connectivity index (χ1v) is 9.54. The molecule has 0 N–H and O–H groups in total. The maximum atomic E-state index is 12.6. The Bertz CT molecular complexity index is 991. The summed E-state index contributed by atoms with van der Waals surface area (Å²) in [5.74, 6) is 0.461. The van der Waals surface area contributed by atoms with Crippen LogP contribution in [0.15, 0.2) is 36.4 Å². The molecule has 0 saturated carbocycles. The van der Waals surface area contributed by atoms with Crippen LogP contribution >= 0.6 is 0 Å². The number of aromatic nitrogens is 3. The third-order valence-electron chi connectivity index (χ3n) is 5.17. The first-order chi connectivity index (χ1) is 13.5. The number of para-hydroxylation sites is 1. The van der Waals surface area contributed by atoms with Gasteiger partial charge < -0.3 is 14.5 Å². The fourth-order valence-electron chi connectivity index (χ4n) is 3.72. The van der Waals surface area contributed by atoms with Gasteiger partial charge in [0.25, 0.3) is 5.91 Å². The van der Waals surface area contributed by atoms with Crippen molar-refractivity contribution in [2.75, 3.05) is 37.7 Å². The molecule has 28 heavy (non-hydrogen) atoms. The molecule has 1 aliphatic heterocycles. The van der Waals surface area contributed by atoms with Crippen molar-refractivity contribution >= 4 is 22.6 Å². The second-order valence-electron chi connectivity index (χ2n) is 7.20. The lowest BCUT2D eigenvalue weighted by molar-refractivity contribution is -0.133. The minimum Gasteiger partial charge on any atom is -0.466 e. The number of carbonyl (C=O) groups excluding carboxylic acids is 1. The Hall–Kier alpha value is -3.09. The van der Waals surface area contributed by atoms with Gasteiger partial charge in [-0.15, -0.1) is 5.10 Å². The Morgan fingerprint density at radius 1 is 1.11 bits per heavy atom. The molecule has 7 nitrogen and oxygen atoms in total. The molecule has 0 atom stereocenters. The van der Waals surface area contributed by atoms with Crippen LogP contribution in [0, 0.1) is 13.8 Å². The zero-order valence-corrected chi connectivity index (χ0v) is 16.6. The van der Waals surface area contributed by atoms with Crippen molar-refractivity contribution in [3.63, 3.8) is 0 Å². The Balaban J connectivity index is 1.39. The number of anilines is 1. The lowest BCUT2D eigenvalue weighted by Crippen LogP contribution is -2.50. The van der Waals surface area contributed by atoms with Crippen LogP contribution in [-0.4, -0.2) is 58.4 Å². The van der Waals surface area contributed by atoms with E-state index in [1.165, 1.54) is 5.69 Å². The van der Waals surface area contributed by atoms with Gasteiger partial charge in [-0.05, 0) is 37.6 Å². The van der Waals surface area contributed by atoms with Crippen LogP contribution in [0.1, 0.15) is 11.3 Å². The highest BCUT2D eigenvalue weighted by Gasteiger charge is 2.22. The van der Waals surface area contributed by atoms with Gasteiger partial charge >= 0.3 is 0 Å². The average molecular weight is 379 g/mol. The van der Waals surface area contributed by atoms with Crippen molar-refractivity contribution in [1.29, 1.82) is 0 Å². The predicted molar refractivity (Wildman–Crippen MR) is 109 cm³/mol. The van der Waals surface area contributed by atoms with Crippen molar-refractivity contribution in [1.82, 2.24) is 19.7 Å². The number of piperazine rings is 1. The van der Waals surface area contributed by atoms with E-state index in [1.807, 2.05) is 50.1 Å². The molecule has 3 aromatic rings. The number of hydrogen-bond donors (Lipinski definition) is 0. The van der Waals surface area contributed by atoms with Crippen LogP contribution in [0.2, 0.25) is 0 Å². The van der Waals surface area contributed by atoms with E-state index in [0.717, 1.165) is 35.4 Å². The van der Waals surface area contributed by atoms with E-state index >= 15 is 0 Å². The highest BCUT2D eigenvalue weighted by molar-refractivity contribution is 5.85. The minimum absolute atomic E-state index is 0.00916. The minimum atomic E-state index is -0.00996. The molecule has 0 spiro atoms. The second kappa shape index (κ2) is 7.50. The van der Waals surface area contributed by atoms with Gasteiger partial charge in [-0.3, -0.25) is 4.79 Å². The lowest BCUT2D eigenvalue weighted by atomic mass is 10.2. The summed E-state index contributed by atoms with van der Waals surface area (Å²) in [6.45, 7) is 6.99. The topological polar surface area (TPSA) is 63.5 Å². The monoisotopic (exact) mass is 379 g/mol. The van der Waals surface area contributed by atoms with Crippen LogP contribution in [0.5, 0.6) is 5.88 Å². The number of hydrogen-bond acceptors (Lipinski definition) is 5. The smallest absolute Gasteiger partial charge is 0.260 e. The summed E-state index contributed by atoms with van der Waals surface area (Å²) in [7, 11) is 1.84. The van der Waals surface area contributed by atoms with Gasteiger partial charge in [0, 0.05) is 44.6 Å². The summed E-state index contributed by atoms with van der Waals surface area (Å²) in [4.78, 5) is 21.3. The summed E-state index contributed by atoms with van der Waals surface area (Å²) in [6, 6.07) is 12.3. The van der Waals surface area contributed by atoms with Gasteiger partial charge in [0.1, 0.15) is 0 Å². The fourth-order valence-corrected chi connectivity index (χ4v) is 3.72. The fraction of sp³-hybridized carbons (Fsp3) is 0.381. The molecule has 0 unspecified atom stereocenters. The summed E-state index contributed by atoms with van der Waals surface area (Å²) in [5.41, 5.74) is 3.96. The van der Waals surface area contributed by atoms with Gasteiger partial charge in [0.2, 0.25) is 5.88 Å². The van der Waals surface area contributed by atoms with Crippen molar-refractivity contribution in [2.24, 2.45) is 7.05 Å². The van der Waals surface area contributed by atoms with E-state index < -0.39 is 0 Å². The predicted octanol–water partition coefficient (Wildman–Crippen LogP) is 2.31. The van der Waals surface area contributed by atoms with E-state index in [-0.39, 0.29) is 12.5 Å². The zero-order valence-electron chi connectivity index (χ0n) is 16.6. The molecule has 3 heterocycles. The molecular formula is C21H25N5O2.